The number of likely N-dealkylation sites (tertiary alicyclic amines) is 1. The molecule has 3 N–H and O–H groups in total. The highest BCUT2D eigenvalue weighted by atomic mass is 19.4. The van der Waals surface area contributed by atoms with E-state index in [2.05, 4.69) is 4.90 Å². The van der Waals surface area contributed by atoms with E-state index in [0.717, 1.165) is 12.6 Å². The molecule has 116 valence electrons. The normalized spacial score (nSPS) is 23.6. The molecule has 1 heterocycles. The monoisotopic (exact) mass is 296 g/mol. The fraction of sp³-hybridized carbons (Fsp3) is 0.833. The lowest BCUT2D eigenvalue weighted by Gasteiger charge is -2.32. The molecule has 2 aliphatic rings. The minimum Gasteiger partial charge on any atom is -0.475 e. The summed E-state index contributed by atoms with van der Waals surface area (Å²) in [4.78, 5) is 22.2. The SMILES string of the molecule is NC(=O)CC1CCCN(C2CC2)C1.O=C(O)C(F)(F)F. The van der Waals surface area contributed by atoms with Crippen molar-refractivity contribution in [1.82, 2.24) is 4.90 Å². The Morgan fingerprint density at radius 2 is 1.80 bits per heavy atom. The molecule has 1 amide bonds. The third-order valence-corrected chi connectivity index (χ3v) is 3.35. The largest absolute Gasteiger partial charge is 0.490 e. The number of carboxylic acid groups (broad SMARTS) is 1. The van der Waals surface area contributed by atoms with Gasteiger partial charge in [-0.3, -0.25) is 4.79 Å². The number of carboxylic acids is 1. The summed E-state index contributed by atoms with van der Waals surface area (Å²) in [6.45, 7) is 2.34. The van der Waals surface area contributed by atoms with Crippen molar-refractivity contribution in [2.45, 2.75) is 44.3 Å². The van der Waals surface area contributed by atoms with Crippen LogP contribution in [0.5, 0.6) is 0 Å². The van der Waals surface area contributed by atoms with Gasteiger partial charge in [-0.1, -0.05) is 0 Å². The van der Waals surface area contributed by atoms with Crippen LogP contribution in [0.4, 0.5) is 13.2 Å². The summed E-state index contributed by atoms with van der Waals surface area (Å²) in [5.74, 6) is -2.36. The van der Waals surface area contributed by atoms with Gasteiger partial charge in [-0.2, -0.15) is 13.2 Å². The molecule has 0 radical (unpaired) electrons. The average Bonchev–Trinajstić information content (AvgIpc) is 3.11. The number of alkyl halides is 3. The lowest BCUT2D eigenvalue weighted by atomic mass is 9.94. The van der Waals surface area contributed by atoms with Crippen molar-refractivity contribution in [2.75, 3.05) is 13.1 Å². The molecule has 0 aromatic rings. The minimum absolute atomic E-state index is 0.136. The standard InChI is InChI=1S/C10H18N2O.C2HF3O2/c11-10(13)6-8-2-1-5-12(7-8)9-3-4-9;3-2(4,5)1(6)7/h8-9H,1-7H2,(H2,11,13);(H,6,7). The van der Waals surface area contributed by atoms with Crippen molar-refractivity contribution in [2.24, 2.45) is 11.7 Å². The molecule has 1 aliphatic heterocycles. The predicted octanol–water partition coefficient (Wildman–Crippen LogP) is 1.37. The topological polar surface area (TPSA) is 83.6 Å². The molecule has 0 spiro atoms. The maximum Gasteiger partial charge on any atom is 0.490 e. The summed E-state index contributed by atoms with van der Waals surface area (Å²) in [5.41, 5.74) is 5.20. The van der Waals surface area contributed by atoms with E-state index in [1.807, 2.05) is 0 Å². The first kappa shape index (κ1) is 16.7. The van der Waals surface area contributed by atoms with Gasteiger partial charge in [0.2, 0.25) is 5.91 Å². The number of halogens is 3. The van der Waals surface area contributed by atoms with Gasteiger partial charge in [-0.15, -0.1) is 0 Å². The molecular weight excluding hydrogens is 277 g/mol. The smallest absolute Gasteiger partial charge is 0.475 e. The number of nitrogens with two attached hydrogens (primary N) is 1. The quantitative estimate of drug-likeness (QED) is 0.824. The van der Waals surface area contributed by atoms with Gasteiger partial charge in [0.25, 0.3) is 0 Å². The van der Waals surface area contributed by atoms with Crippen LogP contribution < -0.4 is 5.73 Å². The molecule has 1 aliphatic carbocycles. The zero-order chi connectivity index (χ0) is 15.3. The second-order valence-corrected chi connectivity index (χ2v) is 5.21. The van der Waals surface area contributed by atoms with Crippen LogP contribution in [0.25, 0.3) is 0 Å². The van der Waals surface area contributed by atoms with Gasteiger partial charge >= 0.3 is 12.1 Å². The minimum atomic E-state index is -5.08. The van der Waals surface area contributed by atoms with Crippen LogP contribution in [0, 0.1) is 5.92 Å². The molecule has 1 saturated heterocycles. The van der Waals surface area contributed by atoms with E-state index in [0.29, 0.717) is 12.3 Å². The van der Waals surface area contributed by atoms with Crippen LogP contribution >= 0.6 is 0 Å². The molecule has 0 bridgehead atoms. The lowest BCUT2D eigenvalue weighted by molar-refractivity contribution is -0.192. The average molecular weight is 296 g/mol. The predicted molar refractivity (Wildman–Crippen MR) is 64.8 cm³/mol. The summed E-state index contributed by atoms with van der Waals surface area (Å²) >= 11 is 0. The number of amides is 1. The van der Waals surface area contributed by atoms with Crippen LogP contribution in [-0.2, 0) is 9.59 Å². The molecule has 0 aromatic carbocycles. The molecule has 1 atom stereocenters. The number of aliphatic carboxylic acids is 1. The van der Waals surface area contributed by atoms with E-state index in [4.69, 9.17) is 15.6 Å². The van der Waals surface area contributed by atoms with Gasteiger partial charge in [-0.05, 0) is 38.1 Å². The maximum absolute atomic E-state index is 10.8. The zero-order valence-electron chi connectivity index (χ0n) is 11.0. The van der Waals surface area contributed by atoms with Crippen LogP contribution in [0.2, 0.25) is 0 Å². The Hall–Kier alpha value is -1.31. The second-order valence-electron chi connectivity index (χ2n) is 5.21. The fourth-order valence-electron chi connectivity index (χ4n) is 2.32. The van der Waals surface area contributed by atoms with Gasteiger partial charge in [-0.25, -0.2) is 4.79 Å². The highest BCUT2D eigenvalue weighted by Gasteiger charge is 2.38. The molecule has 5 nitrogen and oxygen atoms in total. The number of rotatable bonds is 3. The highest BCUT2D eigenvalue weighted by Crippen LogP contribution is 2.31. The van der Waals surface area contributed by atoms with Crippen LogP contribution in [0.3, 0.4) is 0 Å². The number of carbonyl (C=O) groups is 2. The number of hydrogen-bond donors (Lipinski definition) is 2. The van der Waals surface area contributed by atoms with E-state index in [-0.39, 0.29) is 5.91 Å². The van der Waals surface area contributed by atoms with E-state index >= 15 is 0 Å². The van der Waals surface area contributed by atoms with Crippen molar-refractivity contribution in [3.8, 4) is 0 Å². The molecule has 1 unspecified atom stereocenters. The van der Waals surface area contributed by atoms with Gasteiger partial charge in [0.05, 0.1) is 0 Å². The Bertz CT molecular complexity index is 356. The fourth-order valence-corrected chi connectivity index (χ4v) is 2.32. The van der Waals surface area contributed by atoms with Crippen molar-refractivity contribution in [3.63, 3.8) is 0 Å². The summed E-state index contributed by atoms with van der Waals surface area (Å²) in [7, 11) is 0. The van der Waals surface area contributed by atoms with E-state index in [1.54, 1.807) is 0 Å². The number of piperidine rings is 1. The Kier molecular flexibility index (Phi) is 5.79. The van der Waals surface area contributed by atoms with E-state index < -0.39 is 12.1 Å². The molecular formula is C12H19F3N2O3. The molecule has 20 heavy (non-hydrogen) atoms. The van der Waals surface area contributed by atoms with Crippen LogP contribution in [-0.4, -0.2) is 47.2 Å². The zero-order valence-corrected chi connectivity index (χ0v) is 11.0. The molecule has 1 saturated carbocycles. The van der Waals surface area contributed by atoms with Crippen molar-refractivity contribution < 1.29 is 27.9 Å². The van der Waals surface area contributed by atoms with E-state index in [1.165, 1.54) is 32.2 Å². The Morgan fingerprint density at radius 1 is 1.25 bits per heavy atom. The lowest BCUT2D eigenvalue weighted by Crippen LogP contribution is -2.38. The van der Waals surface area contributed by atoms with Gasteiger partial charge in [0, 0.05) is 19.0 Å². The summed E-state index contributed by atoms with van der Waals surface area (Å²) in [5, 5.41) is 7.12. The summed E-state index contributed by atoms with van der Waals surface area (Å²) in [6.07, 6.45) is 0.663. The van der Waals surface area contributed by atoms with Crippen LogP contribution in [0.15, 0.2) is 0 Å². The summed E-state index contributed by atoms with van der Waals surface area (Å²) in [6, 6.07) is 0.843. The summed E-state index contributed by atoms with van der Waals surface area (Å²) < 4.78 is 31.7. The third kappa shape index (κ3) is 6.23. The van der Waals surface area contributed by atoms with Gasteiger partial charge < -0.3 is 15.7 Å². The highest BCUT2D eigenvalue weighted by molar-refractivity contribution is 5.74. The first-order valence-electron chi connectivity index (χ1n) is 6.52. The third-order valence-electron chi connectivity index (χ3n) is 3.35. The van der Waals surface area contributed by atoms with Crippen molar-refractivity contribution in [1.29, 1.82) is 0 Å². The van der Waals surface area contributed by atoms with Crippen molar-refractivity contribution >= 4 is 11.9 Å². The molecule has 2 rings (SSSR count). The van der Waals surface area contributed by atoms with Crippen molar-refractivity contribution in [3.05, 3.63) is 0 Å². The Balaban J connectivity index is 0.000000246. The maximum atomic E-state index is 10.8. The molecule has 0 aromatic heterocycles. The Morgan fingerprint density at radius 3 is 2.20 bits per heavy atom. The number of carbonyl (C=O) groups excluding carboxylic acids is 1. The van der Waals surface area contributed by atoms with Gasteiger partial charge in [0.15, 0.2) is 0 Å². The number of nitrogens with zero attached hydrogens (tertiary/aromatic N) is 1. The number of primary amides is 1. The first-order valence-corrected chi connectivity index (χ1v) is 6.52. The van der Waals surface area contributed by atoms with E-state index in [9.17, 15) is 18.0 Å². The molecule has 8 heteroatoms. The van der Waals surface area contributed by atoms with Crippen LogP contribution in [0.1, 0.15) is 32.1 Å². The molecule has 2 fully saturated rings. The Labute approximate surface area is 114 Å². The second kappa shape index (κ2) is 6.92. The number of hydrogen-bond acceptors (Lipinski definition) is 3. The first-order chi connectivity index (χ1) is 9.20. The van der Waals surface area contributed by atoms with Gasteiger partial charge in [0.1, 0.15) is 0 Å².